The van der Waals surface area contributed by atoms with E-state index < -0.39 is 12.6 Å². The molecule has 0 radical (unpaired) electrons. The van der Waals surface area contributed by atoms with Crippen LogP contribution in [0.15, 0.2) is 77.7 Å². The second-order valence-corrected chi connectivity index (χ2v) is 6.20. The van der Waals surface area contributed by atoms with Gasteiger partial charge in [-0.3, -0.25) is 4.68 Å². The average Bonchev–Trinajstić information content (AvgIpc) is 3.29. The number of nitrogens with zero attached hydrogens (tertiary/aromatic N) is 3. The summed E-state index contributed by atoms with van der Waals surface area (Å²) in [7, 11) is 0. The molecule has 6 nitrogen and oxygen atoms in total. The molecule has 0 saturated heterocycles. The standard InChI is InChI=1S/C21H15F2N3O3/c22-21(23)28-17-8-6-16(7-9-17)19-25-18(20(27)29-19)10-15-11-24-26(13-15)12-14-4-2-1-3-5-14/h1-11,13,21H,12H2/b18-10-. The van der Waals surface area contributed by atoms with E-state index >= 15 is 0 Å². The van der Waals surface area contributed by atoms with Gasteiger partial charge in [0, 0.05) is 17.3 Å². The van der Waals surface area contributed by atoms with Gasteiger partial charge in [-0.25, -0.2) is 9.79 Å². The Balaban J connectivity index is 1.49. The van der Waals surface area contributed by atoms with Crippen LogP contribution in [0.3, 0.4) is 0 Å². The lowest BCUT2D eigenvalue weighted by Gasteiger charge is -2.04. The molecular weight excluding hydrogens is 380 g/mol. The first-order chi connectivity index (χ1) is 14.1. The Morgan fingerprint density at radius 1 is 1.10 bits per heavy atom. The van der Waals surface area contributed by atoms with Crippen LogP contribution in [0.4, 0.5) is 8.78 Å². The summed E-state index contributed by atoms with van der Waals surface area (Å²) in [4.78, 5) is 16.3. The van der Waals surface area contributed by atoms with Gasteiger partial charge in [-0.1, -0.05) is 30.3 Å². The van der Waals surface area contributed by atoms with Gasteiger partial charge in [0.25, 0.3) is 0 Å². The molecule has 2 aromatic carbocycles. The highest BCUT2D eigenvalue weighted by Gasteiger charge is 2.24. The first-order valence-electron chi connectivity index (χ1n) is 8.71. The molecule has 1 aromatic heterocycles. The van der Waals surface area contributed by atoms with Gasteiger partial charge in [0.15, 0.2) is 5.70 Å². The topological polar surface area (TPSA) is 65.7 Å². The molecule has 0 aliphatic carbocycles. The number of hydrogen-bond donors (Lipinski definition) is 0. The summed E-state index contributed by atoms with van der Waals surface area (Å²) < 4.78 is 35.7. The number of hydrogen-bond acceptors (Lipinski definition) is 5. The van der Waals surface area contributed by atoms with Gasteiger partial charge in [0.05, 0.1) is 12.7 Å². The zero-order valence-corrected chi connectivity index (χ0v) is 15.0. The summed E-state index contributed by atoms with van der Waals surface area (Å²) in [6.45, 7) is -2.30. The van der Waals surface area contributed by atoms with Crippen molar-refractivity contribution in [2.75, 3.05) is 0 Å². The number of ether oxygens (including phenoxy) is 2. The smallest absolute Gasteiger partial charge is 0.387 e. The number of cyclic esters (lactones) is 1. The molecule has 1 aliphatic rings. The van der Waals surface area contributed by atoms with Gasteiger partial charge in [-0.15, -0.1) is 0 Å². The second kappa shape index (κ2) is 8.05. The first-order valence-corrected chi connectivity index (χ1v) is 8.71. The van der Waals surface area contributed by atoms with Gasteiger partial charge >= 0.3 is 12.6 Å². The summed E-state index contributed by atoms with van der Waals surface area (Å²) in [5.74, 6) is -0.486. The Kier molecular flexibility index (Phi) is 5.15. The van der Waals surface area contributed by atoms with Gasteiger partial charge in [0.1, 0.15) is 5.75 Å². The normalized spacial score (nSPS) is 14.9. The highest BCUT2D eigenvalue weighted by molar-refractivity contribution is 6.12. The number of aromatic nitrogens is 2. The van der Waals surface area contributed by atoms with Crippen molar-refractivity contribution in [3.63, 3.8) is 0 Å². The molecule has 0 saturated carbocycles. The monoisotopic (exact) mass is 395 g/mol. The third-order valence-electron chi connectivity index (χ3n) is 4.09. The van der Waals surface area contributed by atoms with Crippen molar-refractivity contribution in [3.05, 3.63) is 89.4 Å². The predicted octanol–water partition coefficient (Wildman–Crippen LogP) is 3.88. The molecule has 29 heavy (non-hydrogen) atoms. The molecular formula is C21H15F2N3O3. The van der Waals surface area contributed by atoms with Gasteiger partial charge in [-0.05, 0) is 35.9 Å². The Hall–Kier alpha value is -3.81. The molecule has 0 N–H and O–H groups in total. The lowest BCUT2D eigenvalue weighted by atomic mass is 10.2. The summed E-state index contributed by atoms with van der Waals surface area (Å²) >= 11 is 0. The molecule has 0 atom stereocenters. The van der Waals surface area contributed by atoms with Crippen LogP contribution < -0.4 is 4.74 Å². The van der Waals surface area contributed by atoms with E-state index in [1.165, 1.54) is 24.3 Å². The van der Waals surface area contributed by atoms with Crippen LogP contribution in [0.2, 0.25) is 0 Å². The number of carbonyl (C=O) groups excluding carboxylic acids is 1. The maximum atomic E-state index is 12.2. The minimum Gasteiger partial charge on any atom is -0.435 e. The quantitative estimate of drug-likeness (QED) is 0.469. The SMILES string of the molecule is O=C1OC(c2ccc(OC(F)F)cc2)=N/C1=C\c1cnn(Cc2ccccc2)c1. The van der Waals surface area contributed by atoms with E-state index in [1.54, 1.807) is 23.2 Å². The molecule has 0 bridgehead atoms. The molecule has 0 unspecified atom stereocenters. The molecule has 1 aliphatic heterocycles. The molecule has 2 heterocycles. The van der Waals surface area contributed by atoms with Crippen molar-refractivity contribution < 1.29 is 23.0 Å². The predicted molar refractivity (Wildman–Crippen MR) is 101 cm³/mol. The van der Waals surface area contributed by atoms with Crippen LogP contribution in [0.5, 0.6) is 5.75 Å². The minimum atomic E-state index is -2.90. The Morgan fingerprint density at radius 2 is 1.86 bits per heavy atom. The van der Waals surface area contributed by atoms with Crippen LogP contribution in [0.25, 0.3) is 6.08 Å². The Bertz CT molecular complexity index is 1070. The van der Waals surface area contributed by atoms with Crippen LogP contribution in [0, 0.1) is 0 Å². The highest BCUT2D eigenvalue weighted by atomic mass is 19.3. The summed E-state index contributed by atoms with van der Waals surface area (Å²) in [5.41, 5.74) is 2.42. The zero-order chi connectivity index (χ0) is 20.2. The zero-order valence-electron chi connectivity index (χ0n) is 15.0. The Labute approximate surface area is 164 Å². The van der Waals surface area contributed by atoms with Crippen molar-refractivity contribution >= 4 is 17.9 Å². The molecule has 3 aromatic rings. The van der Waals surface area contributed by atoms with Crippen LogP contribution in [-0.4, -0.2) is 28.3 Å². The fourth-order valence-electron chi connectivity index (χ4n) is 2.78. The highest BCUT2D eigenvalue weighted by Crippen LogP contribution is 2.21. The van der Waals surface area contributed by atoms with E-state index in [0.29, 0.717) is 17.7 Å². The lowest BCUT2D eigenvalue weighted by molar-refractivity contribution is -0.129. The molecule has 4 rings (SSSR count). The fourth-order valence-corrected chi connectivity index (χ4v) is 2.78. The third-order valence-corrected chi connectivity index (χ3v) is 4.09. The van der Waals surface area contributed by atoms with Crippen molar-refractivity contribution in [3.8, 4) is 5.75 Å². The minimum absolute atomic E-state index is 0.00951. The third kappa shape index (κ3) is 4.55. The van der Waals surface area contributed by atoms with E-state index in [0.717, 1.165) is 5.56 Å². The van der Waals surface area contributed by atoms with Crippen molar-refractivity contribution in [2.45, 2.75) is 13.2 Å². The fraction of sp³-hybridized carbons (Fsp3) is 0.0952. The van der Waals surface area contributed by atoms with Gasteiger partial charge in [0.2, 0.25) is 5.90 Å². The number of carbonyl (C=O) groups is 1. The van der Waals surface area contributed by atoms with E-state index in [9.17, 15) is 13.6 Å². The maximum Gasteiger partial charge on any atom is 0.387 e. The van der Waals surface area contributed by atoms with Gasteiger partial charge in [-0.2, -0.15) is 13.9 Å². The largest absolute Gasteiger partial charge is 0.435 e. The van der Waals surface area contributed by atoms with Crippen LogP contribution >= 0.6 is 0 Å². The summed E-state index contributed by atoms with van der Waals surface area (Å²) in [5, 5.41) is 4.29. The number of alkyl halides is 2. The number of rotatable bonds is 6. The van der Waals surface area contributed by atoms with Crippen LogP contribution in [0.1, 0.15) is 16.7 Å². The van der Waals surface area contributed by atoms with Crippen molar-refractivity contribution in [1.82, 2.24) is 9.78 Å². The summed E-state index contributed by atoms with van der Waals surface area (Å²) in [6, 6.07) is 15.6. The van der Waals surface area contributed by atoms with Crippen molar-refractivity contribution in [1.29, 1.82) is 0 Å². The molecule has 0 amide bonds. The Morgan fingerprint density at radius 3 is 2.59 bits per heavy atom. The maximum absolute atomic E-state index is 12.2. The average molecular weight is 395 g/mol. The van der Waals surface area contributed by atoms with E-state index in [2.05, 4.69) is 14.8 Å². The van der Waals surface area contributed by atoms with E-state index in [1.807, 2.05) is 30.3 Å². The first kappa shape index (κ1) is 18.5. The van der Waals surface area contributed by atoms with E-state index in [4.69, 9.17) is 4.74 Å². The molecule has 0 fully saturated rings. The van der Waals surface area contributed by atoms with Gasteiger partial charge < -0.3 is 9.47 Å². The second-order valence-electron chi connectivity index (χ2n) is 6.20. The number of aliphatic imine (C=N–C) groups is 1. The van der Waals surface area contributed by atoms with Crippen LogP contribution in [-0.2, 0) is 16.1 Å². The molecule has 146 valence electrons. The molecule has 8 heteroatoms. The number of esters is 1. The van der Waals surface area contributed by atoms with E-state index in [-0.39, 0.29) is 17.3 Å². The lowest BCUT2D eigenvalue weighted by Crippen LogP contribution is -2.06. The molecule has 0 spiro atoms. The number of halogens is 2. The summed E-state index contributed by atoms with van der Waals surface area (Å²) in [6.07, 6.45) is 5.02. The number of benzene rings is 2. The van der Waals surface area contributed by atoms with Crippen molar-refractivity contribution in [2.24, 2.45) is 4.99 Å².